The molecule has 0 bridgehead atoms. The molecule has 0 aromatic carbocycles. The molecule has 3 aliphatic rings. The lowest BCUT2D eigenvalue weighted by Crippen LogP contribution is -2.54. The Morgan fingerprint density at radius 3 is 2.43 bits per heavy atom. The van der Waals surface area contributed by atoms with Crippen LogP contribution in [0.3, 0.4) is 0 Å². The van der Waals surface area contributed by atoms with Gasteiger partial charge in [0, 0.05) is 11.8 Å². The maximum absolute atomic E-state index is 12.9. The van der Waals surface area contributed by atoms with Crippen molar-refractivity contribution >= 4 is 20.3 Å². The summed E-state index contributed by atoms with van der Waals surface area (Å²) in [4.78, 5) is 25.4. The van der Waals surface area contributed by atoms with Crippen molar-refractivity contribution in [1.82, 2.24) is 0 Å². The van der Waals surface area contributed by atoms with Crippen LogP contribution in [0.4, 0.5) is 0 Å². The van der Waals surface area contributed by atoms with Crippen molar-refractivity contribution in [3.63, 3.8) is 0 Å². The van der Waals surface area contributed by atoms with E-state index in [1.165, 1.54) is 7.11 Å². The van der Waals surface area contributed by atoms with E-state index < -0.39 is 38.0 Å². The van der Waals surface area contributed by atoms with Gasteiger partial charge in [-0.15, -0.1) is 0 Å². The van der Waals surface area contributed by atoms with Crippen molar-refractivity contribution in [1.29, 1.82) is 0 Å². The molecule has 2 aliphatic heterocycles. The third kappa shape index (κ3) is 4.37. The van der Waals surface area contributed by atoms with Crippen LogP contribution in [-0.4, -0.2) is 58.6 Å². The SMILES string of the molecule is COC(=O)[C@@H]1[C@H]([C@@H](O[Si](C)(C)C(C)(C)C)[C@@H]2COC(C)(C)O2)C=C[C@@H]2COC(=O)[C@H]12. The van der Waals surface area contributed by atoms with Crippen molar-refractivity contribution in [3.8, 4) is 0 Å². The standard InChI is InChI=1S/C22H36O7Si/c1-21(2,3)30(7,8)29-18(15-12-27-22(4,5)28-15)14-10-9-13-11-26-20(24)16(13)17(14)19(23)25-6/h9-10,13-18H,11-12H2,1-8H3/t13-,14-,15+,16+,17-,18-/m1/s1. The van der Waals surface area contributed by atoms with Gasteiger partial charge in [-0.3, -0.25) is 9.59 Å². The van der Waals surface area contributed by atoms with Crippen molar-refractivity contribution in [2.24, 2.45) is 23.7 Å². The second-order valence-electron chi connectivity index (χ2n) is 10.5. The summed E-state index contributed by atoms with van der Waals surface area (Å²) in [6.07, 6.45) is 3.19. The van der Waals surface area contributed by atoms with E-state index in [0.717, 1.165) is 0 Å². The molecule has 0 unspecified atom stereocenters. The predicted molar refractivity (Wildman–Crippen MR) is 113 cm³/mol. The van der Waals surface area contributed by atoms with Gasteiger partial charge in [0.1, 0.15) is 6.10 Å². The molecule has 0 amide bonds. The molecule has 0 aromatic rings. The topological polar surface area (TPSA) is 80.3 Å². The van der Waals surface area contributed by atoms with Crippen LogP contribution in [0.25, 0.3) is 0 Å². The summed E-state index contributed by atoms with van der Waals surface area (Å²) in [6.45, 7) is 15.3. The molecule has 6 atom stereocenters. The van der Waals surface area contributed by atoms with Gasteiger partial charge in [-0.25, -0.2) is 0 Å². The van der Waals surface area contributed by atoms with Gasteiger partial charge in [-0.2, -0.15) is 0 Å². The van der Waals surface area contributed by atoms with E-state index in [1.54, 1.807) is 0 Å². The minimum absolute atomic E-state index is 0.0335. The van der Waals surface area contributed by atoms with E-state index >= 15 is 0 Å². The van der Waals surface area contributed by atoms with Crippen molar-refractivity contribution < 1.29 is 33.0 Å². The van der Waals surface area contributed by atoms with Crippen LogP contribution in [0.15, 0.2) is 12.2 Å². The lowest BCUT2D eigenvalue weighted by molar-refractivity contribution is -0.165. The second-order valence-corrected chi connectivity index (χ2v) is 15.3. The molecule has 2 saturated heterocycles. The normalized spacial score (nSPS) is 34.4. The van der Waals surface area contributed by atoms with Gasteiger partial charge < -0.3 is 23.4 Å². The summed E-state index contributed by atoms with van der Waals surface area (Å²) in [5, 5.41) is -0.0335. The molecule has 2 heterocycles. The summed E-state index contributed by atoms with van der Waals surface area (Å²) in [7, 11) is -0.873. The van der Waals surface area contributed by atoms with Gasteiger partial charge >= 0.3 is 11.9 Å². The summed E-state index contributed by atoms with van der Waals surface area (Å²) < 4.78 is 29.3. The molecule has 0 spiro atoms. The monoisotopic (exact) mass is 440 g/mol. The number of methoxy groups -OCH3 is 1. The van der Waals surface area contributed by atoms with Crippen LogP contribution in [-0.2, 0) is 33.0 Å². The Morgan fingerprint density at radius 1 is 1.23 bits per heavy atom. The fourth-order valence-corrected chi connectivity index (χ4v) is 5.66. The second kappa shape index (κ2) is 8.04. The zero-order chi connectivity index (χ0) is 22.5. The van der Waals surface area contributed by atoms with Crippen LogP contribution in [0.5, 0.6) is 0 Å². The maximum atomic E-state index is 12.9. The van der Waals surface area contributed by atoms with Gasteiger partial charge in [0.15, 0.2) is 14.1 Å². The molecule has 0 N–H and O–H groups in total. The highest BCUT2D eigenvalue weighted by atomic mass is 28.4. The van der Waals surface area contributed by atoms with Gasteiger partial charge in [-0.1, -0.05) is 32.9 Å². The highest BCUT2D eigenvalue weighted by molar-refractivity contribution is 6.74. The average Bonchev–Trinajstić information content (AvgIpc) is 3.19. The van der Waals surface area contributed by atoms with Crippen LogP contribution >= 0.6 is 0 Å². The van der Waals surface area contributed by atoms with E-state index in [1.807, 2.05) is 26.0 Å². The summed E-state index contributed by atoms with van der Waals surface area (Å²) >= 11 is 0. The number of fused-ring (bicyclic) bond motifs is 1. The summed E-state index contributed by atoms with van der Waals surface area (Å²) in [5.41, 5.74) is 0. The summed E-state index contributed by atoms with van der Waals surface area (Å²) in [6, 6.07) is 0. The number of hydrogen-bond acceptors (Lipinski definition) is 7. The molecule has 8 heteroatoms. The van der Waals surface area contributed by atoms with E-state index in [2.05, 4.69) is 33.9 Å². The first-order chi connectivity index (χ1) is 13.8. The summed E-state index contributed by atoms with van der Waals surface area (Å²) in [5.74, 6) is -3.23. The minimum atomic E-state index is -2.23. The zero-order valence-corrected chi connectivity index (χ0v) is 20.4. The molecule has 3 rings (SSSR count). The van der Waals surface area contributed by atoms with Crippen LogP contribution in [0.2, 0.25) is 18.1 Å². The Kier molecular flexibility index (Phi) is 6.28. The Balaban J connectivity index is 2.01. The molecule has 1 aliphatic carbocycles. The maximum Gasteiger partial charge on any atom is 0.310 e. The largest absolute Gasteiger partial charge is 0.469 e. The highest BCUT2D eigenvalue weighted by Crippen LogP contribution is 2.46. The number of rotatable bonds is 5. The lowest BCUT2D eigenvalue weighted by atomic mass is 9.69. The van der Waals surface area contributed by atoms with Crippen molar-refractivity contribution in [3.05, 3.63) is 12.2 Å². The molecule has 0 aromatic heterocycles. The van der Waals surface area contributed by atoms with E-state index in [-0.39, 0.29) is 28.9 Å². The number of carbonyl (C=O) groups excluding carboxylic acids is 2. The Labute approximate surface area is 180 Å². The molecule has 2 fully saturated rings. The minimum Gasteiger partial charge on any atom is -0.469 e. The van der Waals surface area contributed by atoms with E-state index in [0.29, 0.717) is 13.2 Å². The lowest BCUT2D eigenvalue weighted by Gasteiger charge is -2.45. The predicted octanol–water partition coefficient (Wildman–Crippen LogP) is 3.29. The molecule has 170 valence electrons. The highest BCUT2D eigenvalue weighted by Gasteiger charge is 2.55. The quantitative estimate of drug-likeness (QED) is 0.369. The molecular formula is C22H36O7Si. The Hall–Kier alpha value is -1.22. The molecular weight excluding hydrogens is 404 g/mol. The zero-order valence-electron chi connectivity index (χ0n) is 19.4. The number of esters is 2. The number of ether oxygens (including phenoxy) is 4. The number of cyclic esters (lactones) is 1. The van der Waals surface area contributed by atoms with Crippen molar-refractivity contribution in [2.45, 2.75) is 70.7 Å². The third-order valence-corrected chi connectivity index (χ3v) is 11.5. The average molecular weight is 441 g/mol. The van der Waals surface area contributed by atoms with Gasteiger partial charge in [-0.05, 0) is 32.0 Å². The fourth-order valence-electron chi connectivity index (χ4n) is 4.32. The first kappa shape index (κ1) is 23.4. The first-order valence-corrected chi connectivity index (χ1v) is 13.6. The van der Waals surface area contributed by atoms with Crippen molar-refractivity contribution in [2.75, 3.05) is 20.3 Å². The van der Waals surface area contributed by atoms with Crippen LogP contribution in [0.1, 0.15) is 34.6 Å². The van der Waals surface area contributed by atoms with Crippen LogP contribution in [0, 0.1) is 23.7 Å². The number of carbonyl (C=O) groups is 2. The molecule has 0 saturated carbocycles. The van der Waals surface area contributed by atoms with E-state index in [4.69, 9.17) is 23.4 Å². The van der Waals surface area contributed by atoms with Gasteiger partial charge in [0.25, 0.3) is 0 Å². The Bertz CT molecular complexity index is 709. The Morgan fingerprint density at radius 2 is 1.90 bits per heavy atom. The smallest absolute Gasteiger partial charge is 0.310 e. The van der Waals surface area contributed by atoms with Crippen LogP contribution < -0.4 is 0 Å². The molecule has 30 heavy (non-hydrogen) atoms. The third-order valence-electron chi connectivity index (χ3n) is 7.02. The van der Waals surface area contributed by atoms with E-state index in [9.17, 15) is 9.59 Å². The fraction of sp³-hybridized carbons (Fsp3) is 0.818. The van der Waals surface area contributed by atoms with Gasteiger partial charge in [0.05, 0.1) is 38.3 Å². The van der Waals surface area contributed by atoms with Gasteiger partial charge in [0.2, 0.25) is 0 Å². The molecule has 7 nitrogen and oxygen atoms in total. The number of hydrogen-bond donors (Lipinski definition) is 0. The first-order valence-electron chi connectivity index (χ1n) is 10.7. The molecule has 0 radical (unpaired) electrons.